The Labute approximate surface area is 134 Å². The van der Waals surface area contributed by atoms with Crippen molar-refractivity contribution in [2.24, 2.45) is 0 Å². The van der Waals surface area contributed by atoms with E-state index in [0.717, 1.165) is 5.69 Å². The van der Waals surface area contributed by atoms with E-state index in [1.54, 1.807) is 31.3 Å². The second-order valence-corrected chi connectivity index (χ2v) is 5.03. The van der Waals surface area contributed by atoms with Gasteiger partial charge >= 0.3 is 0 Å². The first-order valence-corrected chi connectivity index (χ1v) is 7.17. The third kappa shape index (κ3) is 5.07. The van der Waals surface area contributed by atoms with Crippen LogP contribution in [0.25, 0.3) is 0 Å². The monoisotopic (exact) mass is 311 g/mol. The summed E-state index contributed by atoms with van der Waals surface area (Å²) in [7, 11) is 0. The summed E-state index contributed by atoms with van der Waals surface area (Å²) >= 11 is 0. The lowest BCUT2D eigenvalue weighted by atomic mass is 10.1. The standard InChI is InChI=1S/C18H18FN3O/c1-13(12-21-15-8-3-2-4-9-15)18(20)22-17(23)11-14-7-5-6-10-16(14)19/h2-10,12,21H,11H2,1H3,(H2,20,22,23)/b13-12-. The van der Waals surface area contributed by atoms with Crippen molar-refractivity contribution in [3.63, 3.8) is 0 Å². The van der Waals surface area contributed by atoms with E-state index in [2.05, 4.69) is 10.6 Å². The van der Waals surface area contributed by atoms with E-state index >= 15 is 0 Å². The lowest BCUT2D eigenvalue weighted by molar-refractivity contribution is -0.119. The van der Waals surface area contributed by atoms with Gasteiger partial charge in [-0.05, 0) is 30.7 Å². The molecule has 0 spiro atoms. The van der Waals surface area contributed by atoms with Gasteiger partial charge in [-0.15, -0.1) is 0 Å². The van der Waals surface area contributed by atoms with Gasteiger partial charge in [-0.25, -0.2) is 4.39 Å². The van der Waals surface area contributed by atoms with Crippen molar-refractivity contribution in [2.45, 2.75) is 13.3 Å². The van der Waals surface area contributed by atoms with E-state index in [4.69, 9.17) is 5.41 Å². The van der Waals surface area contributed by atoms with Crippen LogP contribution in [0.4, 0.5) is 10.1 Å². The van der Waals surface area contributed by atoms with Gasteiger partial charge in [0.05, 0.1) is 6.42 Å². The van der Waals surface area contributed by atoms with Crippen LogP contribution < -0.4 is 10.6 Å². The van der Waals surface area contributed by atoms with E-state index in [1.807, 2.05) is 30.3 Å². The number of amidine groups is 1. The number of hydrogen-bond acceptors (Lipinski definition) is 3. The van der Waals surface area contributed by atoms with Gasteiger partial charge in [0, 0.05) is 17.5 Å². The van der Waals surface area contributed by atoms with Crippen LogP contribution in [-0.4, -0.2) is 11.7 Å². The maximum Gasteiger partial charge on any atom is 0.230 e. The fourth-order valence-corrected chi connectivity index (χ4v) is 1.90. The van der Waals surface area contributed by atoms with Crippen molar-refractivity contribution >= 4 is 17.4 Å². The maximum absolute atomic E-state index is 13.5. The Morgan fingerprint density at radius 3 is 2.48 bits per heavy atom. The lowest BCUT2D eigenvalue weighted by Crippen LogP contribution is -2.32. The van der Waals surface area contributed by atoms with Gasteiger partial charge < -0.3 is 10.6 Å². The summed E-state index contributed by atoms with van der Waals surface area (Å²) in [5.74, 6) is -0.866. The molecule has 0 unspecified atom stereocenters. The molecule has 2 aromatic rings. The highest BCUT2D eigenvalue weighted by Crippen LogP contribution is 2.08. The highest BCUT2D eigenvalue weighted by Gasteiger charge is 2.10. The molecule has 0 heterocycles. The molecule has 4 nitrogen and oxygen atoms in total. The highest BCUT2D eigenvalue weighted by molar-refractivity contribution is 6.06. The summed E-state index contributed by atoms with van der Waals surface area (Å²) in [5.41, 5.74) is 1.76. The lowest BCUT2D eigenvalue weighted by Gasteiger charge is -2.08. The number of carbonyl (C=O) groups is 1. The number of carbonyl (C=O) groups excluding carboxylic acids is 1. The van der Waals surface area contributed by atoms with Crippen molar-refractivity contribution in [2.75, 3.05) is 5.32 Å². The minimum Gasteiger partial charge on any atom is -0.361 e. The fraction of sp³-hybridized carbons (Fsp3) is 0.111. The van der Waals surface area contributed by atoms with Crippen LogP contribution in [0.15, 0.2) is 66.4 Å². The number of rotatable bonds is 5. The van der Waals surface area contributed by atoms with Crippen LogP contribution in [0, 0.1) is 11.2 Å². The zero-order chi connectivity index (χ0) is 16.7. The molecule has 2 aromatic carbocycles. The Morgan fingerprint density at radius 1 is 1.13 bits per heavy atom. The van der Waals surface area contributed by atoms with E-state index < -0.39 is 11.7 Å². The molecule has 0 aliphatic rings. The molecule has 0 radical (unpaired) electrons. The third-order valence-corrected chi connectivity index (χ3v) is 3.20. The van der Waals surface area contributed by atoms with Crippen LogP contribution in [-0.2, 0) is 11.2 Å². The van der Waals surface area contributed by atoms with Gasteiger partial charge in [0.1, 0.15) is 11.7 Å². The number of nitrogens with one attached hydrogen (secondary N) is 3. The Kier molecular flexibility index (Phi) is 5.63. The molecule has 5 heteroatoms. The zero-order valence-corrected chi connectivity index (χ0v) is 12.8. The normalized spacial score (nSPS) is 11.0. The number of hydrogen-bond donors (Lipinski definition) is 3. The van der Waals surface area contributed by atoms with E-state index in [0.29, 0.717) is 11.1 Å². The molecule has 0 saturated carbocycles. The first kappa shape index (κ1) is 16.4. The van der Waals surface area contributed by atoms with Crippen molar-refractivity contribution in [3.8, 4) is 0 Å². The van der Waals surface area contributed by atoms with E-state index in [9.17, 15) is 9.18 Å². The molecule has 0 saturated heterocycles. The summed E-state index contributed by atoms with van der Waals surface area (Å²) in [6.45, 7) is 1.71. The van der Waals surface area contributed by atoms with Crippen molar-refractivity contribution in [1.29, 1.82) is 5.41 Å². The quantitative estimate of drug-likeness (QED) is 0.584. The summed E-state index contributed by atoms with van der Waals surface area (Å²) in [6, 6.07) is 15.6. The van der Waals surface area contributed by atoms with Gasteiger partial charge in [0.2, 0.25) is 5.91 Å². The van der Waals surface area contributed by atoms with E-state index in [1.165, 1.54) is 6.07 Å². The summed E-state index contributed by atoms with van der Waals surface area (Å²) in [6.07, 6.45) is 1.54. The molecule has 0 aromatic heterocycles. The van der Waals surface area contributed by atoms with Crippen LogP contribution in [0.5, 0.6) is 0 Å². The maximum atomic E-state index is 13.5. The Bertz CT molecular complexity index is 726. The van der Waals surface area contributed by atoms with Crippen molar-refractivity contribution in [1.82, 2.24) is 5.32 Å². The molecule has 0 atom stereocenters. The molecule has 0 bridgehead atoms. The smallest absolute Gasteiger partial charge is 0.230 e. The van der Waals surface area contributed by atoms with Gasteiger partial charge in [-0.3, -0.25) is 10.2 Å². The van der Waals surface area contributed by atoms with Gasteiger partial charge in [-0.1, -0.05) is 36.4 Å². The second-order valence-electron chi connectivity index (χ2n) is 5.03. The van der Waals surface area contributed by atoms with Crippen LogP contribution in [0.3, 0.4) is 0 Å². The van der Waals surface area contributed by atoms with Gasteiger partial charge in [0.15, 0.2) is 0 Å². The van der Waals surface area contributed by atoms with Crippen molar-refractivity contribution in [3.05, 3.63) is 77.8 Å². The molecule has 0 aliphatic carbocycles. The topological polar surface area (TPSA) is 65.0 Å². The number of amides is 1. The Balaban J connectivity index is 1.90. The predicted molar refractivity (Wildman–Crippen MR) is 89.8 cm³/mol. The fourth-order valence-electron chi connectivity index (χ4n) is 1.90. The van der Waals surface area contributed by atoms with Gasteiger partial charge in [-0.2, -0.15) is 0 Å². The van der Waals surface area contributed by atoms with E-state index in [-0.39, 0.29) is 12.3 Å². The number of para-hydroxylation sites is 1. The summed E-state index contributed by atoms with van der Waals surface area (Å²) in [4.78, 5) is 11.9. The summed E-state index contributed by atoms with van der Waals surface area (Å²) < 4.78 is 13.5. The largest absolute Gasteiger partial charge is 0.361 e. The number of anilines is 1. The predicted octanol–water partition coefficient (Wildman–Crippen LogP) is 3.48. The van der Waals surface area contributed by atoms with Crippen LogP contribution >= 0.6 is 0 Å². The molecule has 1 amide bonds. The molecular formula is C18H18FN3O. The van der Waals surface area contributed by atoms with Crippen LogP contribution in [0.1, 0.15) is 12.5 Å². The average molecular weight is 311 g/mol. The van der Waals surface area contributed by atoms with Gasteiger partial charge in [0.25, 0.3) is 0 Å². The average Bonchev–Trinajstić information content (AvgIpc) is 2.55. The second kappa shape index (κ2) is 7.89. The molecular weight excluding hydrogens is 293 g/mol. The Hall–Kier alpha value is -2.95. The summed E-state index contributed by atoms with van der Waals surface area (Å²) in [5, 5.41) is 13.4. The number of benzene rings is 2. The van der Waals surface area contributed by atoms with Crippen LogP contribution in [0.2, 0.25) is 0 Å². The Morgan fingerprint density at radius 2 is 1.78 bits per heavy atom. The minimum absolute atomic E-state index is 0.0187. The third-order valence-electron chi connectivity index (χ3n) is 3.20. The molecule has 0 aliphatic heterocycles. The molecule has 3 N–H and O–H groups in total. The molecule has 23 heavy (non-hydrogen) atoms. The zero-order valence-electron chi connectivity index (χ0n) is 12.8. The minimum atomic E-state index is -0.424. The molecule has 118 valence electrons. The first-order valence-electron chi connectivity index (χ1n) is 7.17. The first-order chi connectivity index (χ1) is 11.1. The molecule has 0 fully saturated rings. The van der Waals surface area contributed by atoms with Crippen molar-refractivity contribution < 1.29 is 9.18 Å². The highest BCUT2D eigenvalue weighted by atomic mass is 19.1. The number of halogens is 1. The molecule has 2 rings (SSSR count). The SMILES string of the molecule is C/C(=C/Nc1ccccc1)C(=N)NC(=O)Cc1ccccc1F.